The van der Waals surface area contributed by atoms with E-state index < -0.39 is 5.82 Å². The average Bonchev–Trinajstić information content (AvgIpc) is 3.16. The van der Waals surface area contributed by atoms with Crippen LogP contribution >= 0.6 is 22.9 Å². The number of rotatable bonds is 4. The Hall–Kier alpha value is -2.77. The minimum Gasteiger partial charge on any atom is -0.496 e. The number of benzene rings is 2. The maximum atomic E-state index is 13.2. The number of aromatic nitrogens is 3. The van der Waals surface area contributed by atoms with E-state index in [0.717, 1.165) is 28.6 Å². The number of nitrogens with one attached hydrogen (secondary N) is 1. The van der Waals surface area contributed by atoms with Crippen LogP contribution in [0.3, 0.4) is 0 Å². The van der Waals surface area contributed by atoms with E-state index in [4.69, 9.17) is 16.3 Å². The Morgan fingerprint density at radius 3 is 2.57 bits per heavy atom. The zero-order valence-electron chi connectivity index (χ0n) is 17.2. The summed E-state index contributed by atoms with van der Waals surface area (Å²) < 4.78 is 18.6. The predicted molar refractivity (Wildman–Crippen MR) is 122 cm³/mol. The van der Waals surface area contributed by atoms with E-state index in [-0.39, 0.29) is 5.02 Å². The molecule has 0 aliphatic carbocycles. The Kier molecular flexibility index (Phi) is 7.18. The van der Waals surface area contributed by atoms with E-state index in [9.17, 15) is 4.39 Å². The second kappa shape index (κ2) is 9.82. The fraction of sp³-hybridized carbons (Fsp3) is 0.227. The van der Waals surface area contributed by atoms with Gasteiger partial charge in [-0.15, -0.1) is 11.3 Å². The number of nitrogens with zero attached hydrogens (tertiary/aromatic N) is 3. The number of thiazole rings is 1. The first kappa shape index (κ1) is 21.9. The molecule has 0 atom stereocenters. The molecular weight excluding hydrogens is 423 g/mol. The highest BCUT2D eigenvalue weighted by atomic mass is 35.5. The van der Waals surface area contributed by atoms with Gasteiger partial charge in [0.15, 0.2) is 0 Å². The summed E-state index contributed by atoms with van der Waals surface area (Å²) in [5.74, 6) is 0.894. The molecule has 0 radical (unpaired) electrons. The van der Waals surface area contributed by atoms with Crippen LogP contribution in [-0.2, 0) is 6.42 Å². The van der Waals surface area contributed by atoms with Crippen LogP contribution in [0.2, 0.25) is 5.02 Å². The van der Waals surface area contributed by atoms with Crippen molar-refractivity contribution in [3.63, 3.8) is 0 Å². The van der Waals surface area contributed by atoms with Crippen LogP contribution in [0.25, 0.3) is 10.9 Å². The largest absolute Gasteiger partial charge is 0.496 e. The van der Waals surface area contributed by atoms with Gasteiger partial charge in [-0.05, 0) is 56.2 Å². The van der Waals surface area contributed by atoms with E-state index in [2.05, 4.69) is 32.6 Å². The molecule has 0 unspecified atom stereocenters. The standard InChI is InChI=1S/C16H13ClFN3O.C6H9NS/c1-9-5-14-11(7-15(9)22-2)16(20-8-19-14)21-10-3-4-13(18)12(17)6-10;1-3-6-4-8-5(2)7-6/h3-8H,1-2H3,(H,19,20,21);4H,3H2,1-2H3. The molecule has 4 aromatic rings. The number of hydrogen-bond donors (Lipinski definition) is 1. The van der Waals surface area contributed by atoms with E-state index in [0.29, 0.717) is 11.5 Å². The molecular formula is C22H22ClFN4OS. The van der Waals surface area contributed by atoms with Crippen LogP contribution in [-0.4, -0.2) is 22.1 Å². The molecule has 2 heterocycles. The van der Waals surface area contributed by atoms with Crippen LogP contribution in [0.1, 0.15) is 23.2 Å². The van der Waals surface area contributed by atoms with Crippen LogP contribution in [0.15, 0.2) is 42.0 Å². The Morgan fingerprint density at radius 2 is 1.97 bits per heavy atom. The molecule has 4 rings (SSSR count). The second-order valence-electron chi connectivity index (χ2n) is 6.53. The van der Waals surface area contributed by atoms with Crippen LogP contribution in [0.5, 0.6) is 5.75 Å². The number of hydrogen-bond acceptors (Lipinski definition) is 6. The summed E-state index contributed by atoms with van der Waals surface area (Å²) in [6, 6.07) is 8.21. The molecule has 0 aliphatic rings. The summed E-state index contributed by atoms with van der Waals surface area (Å²) in [4.78, 5) is 12.8. The summed E-state index contributed by atoms with van der Waals surface area (Å²) in [5, 5.41) is 7.27. The smallest absolute Gasteiger partial charge is 0.141 e. The van der Waals surface area contributed by atoms with E-state index in [1.54, 1.807) is 24.5 Å². The van der Waals surface area contributed by atoms with E-state index in [1.807, 2.05) is 26.0 Å². The van der Waals surface area contributed by atoms with Gasteiger partial charge >= 0.3 is 0 Å². The lowest BCUT2D eigenvalue weighted by atomic mass is 10.1. The van der Waals surface area contributed by atoms with Crippen molar-refractivity contribution in [2.45, 2.75) is 27.2 Å². The normalized spacial score (nSPS) is 10.5. The molecule has 0 aliphatic heterocycles. The molecule has 0 bridgehead atoms. The molecule has 0 amide bonds. The fourth-order valence-corrected chi connectivity index (χ4v) is 3.66. The predicted octanol–water partition coefficient (Wildman–Crippen LogP) is 6.50. The third-order valence-electron chi connectivity index (χ3n) is 4.36. The molecule has 5 nitrogen and oxygen atoms in total. The summed E-state index contributed by atoms with van der Waals surface area (Å²) in [6.07, 6.45) is 2.53. The van der Waals surface area contributed by atoms with Gasteiger partial charge < -0.3 is 10.1 Å². The summed E-state index contributed by atoms with van der Waals surface area (Å²) in [6.45, 7) is 6.10. The van der Waals surface area contributed by atoms with Crippen molar-refractivity contribution < 1.29 is 9.13 Å². The lowest BCUT2D eigenvalue weighted by Gasteiger charge is -2.11. The minimum absolute atomic E-state index is 0.0526. The van der Waals surface area contributed by atoms with Gasteiger partial charge in [0.2, 0.25) is 0 Å². The number of fused-ring (bicyclic) bond motifs is 1. The molecule has 0 saturated carbocycles. The van der Waals surface area contributed by atoms with Gasteiger partial charge in [0.05, 0.1) is 28.4 Å². The first-order chi connectivity index (χ1) is 14.4. The van der Waals surface area contributed by atoms with Crippen molar-refractivity contribution in [1.29, 1.82) is 0 Å². The number of anilines is 2. The monoisotopic (exact) mass is 444 g/mol. The topological polar surface area (TPSA) is 59.9 Å². The Morgan fingerprint density at radius 1 is 1.17 bits per heavy atom. The summed E-state index contributed by atoms with van der Waals surface area (Å²) in [7, 11) is 1.62. The van der Waals surface area contributed by atoms with Gasteiger partial charge in [0, 0.05) is 16.5 Å². The average molecular weight is 445 g/mol. The molecule has 30 heavy (non-hydrogen) atoms. The number of halogens is 2. The zero-order chi connectivity index (χ0) is 21.7. The van der Waals surface area contributed by atoms with Crippen molar-refractivity contribution in [3.05, 3.63) is 69.1 Å². The fourth-order valence-electron chi connectivity index (χ4n) is 2.79. The zero-order valence-corrected chi connectivity index (χ0v) is 18.7. The Balaban J connectivity index is 0.000000269. The number of ether oxygens (including phenoxy) is 1. The van der Waals surface area contributed by atoms with Crippen molar-refractivity contribution in [2.75, 3.05) is 12.4 Å². The molecule has 0 saturated heterocycles. The quantitative estimate of drug-likeness (QED) is 0.389. The maximum Gasteiger partial charge on any atom is 0.141 e. The van der Waals surface area contributed by atoms with Crippen LogP contribution < -0.4 is 10.1 Å². The lowest BCUT2D eigenvalue weighted by molar-refractivity contribution is 0.412. The van der Waals surface area contributed by atoms with Crippen molar-refractivity contribution in [2.24, 2.45) is 0 Å². The van der Waals surface area contributed by atoms with Gasteiger partial charge in [-0.2, -0.15) is 0 Å². The summed E-state index contributed by atoms with van der Waals surface area (Å²) >= 11 is 7.52. The highest BCUT2D eigenvalue weighted by Gasteiger charge is 2.09. The maximum absolute atomic E-state index is 13.2. The van der Waals surface area contributed by atoms with Gasteiger partial charge in [0.1, 0.15) is 23.7 Å². The van der Waals surface area contributed by atoms with Gasteiger partial charge in [0.25, 0.3) is 0 Å². The lowest BCUT2D eigenvalue weighted by Crippen LogP contribution is -1.97. The van der Waals surface area contributed by atoms with Gasteiger partial charge in [-0.3, -0.25) is 0 Å². The highest BCUT2D eigenvalue weighted by molar-refractivity contribution is 7.09. The van der Waals surface area contributed by atoms with Crippen molar-refractivity contribution in [1.82, 2.24) is 15.0 Å². The first-order valence-electron chi connectivity index (χ1n) is 9.33. The SMILES string of the molecule is CCc1csc(C)n1.COc1cc2c(Nc3ccc(F)c(Cl)c3)ncnc2cc1C. The third-order valence-corrected chi connectivity index (χ3v) is 5.48. The van der Waals surface area contributed by atoms with E-state index >= 15 is 0 Å². The van der Waals surface area contributed by atoms with Gasteiger partial charge in [-0.25, -0.2) is 19.3 Å². The molecule has 2 aromatic heterocycles. The number of methoxy groups -OCH3 is 1. The molecule has 0 spiro atoms. The Bertz CT molecular complexity index is 1170. The first-order valence-corrected chi connectivity index (χ1v) is 10.6. The molecule has 2 aromatic carbocycles. The van der Waals surface area contributed by atoms with Crippen molar-refractivity contribution in [3.8, 4) is 5.75 Å². The molecule has 0 fully saturated rings. The van der Waals surface area contributed by atoms with Crippen molar-refractivity contribution >= 4 is 45.3 Å². The van der Waals surface area contributed by atoms with Crippen LogP contribution in [0, 0.1) is 19.7 Å². The number of aryl methyl sites for hydroxylation is 3. The highest BCUT2D eigenvalue weighted by Crippen LogP contribution is 2.30. The molecule has 1 N–H and O–H groups in total. The summed E-state index contributed by atoms with van der Waals surface area (Å²) in [5.41, 5.74) is 3.65. The van der Waals surface area contributed by atoms with Crippen LogP contribution in [0.4, 0.5) is 15.9 Å². The third kappa shape index (κ3) is 5.23. The minimum atomic E-state index is -0.461. The molecule has 156 valence electrons. The second-order valence-corrected chi connectivity index (χ2v) is 8.00. The van der Waals surface area contributed by atoms with E-state index in [1.165, 1.54) is 29.2 Å². The Labute approximate surface area is 183 Å². The molecule has 8 heteroatoms. The van der Waals surface area contributed by atoms with Gasteiger partial charge in [-0.1, -0.05) is 18.5 Å².